The van der Waals surface area contributed by atoms with Crippen LogP contribution >= 0.6 is 0 Å². The number of cyclic esters (lactones) is 1. The smallest absolute Gasteiger partial charge is 0.407 e. The first-order valence-corrected chi connectivity index (χ1v) is 14.5. The highest BCUT2D eigenvalue weighted by atomic mass is 19.1. The van der Waals surface area contributed by atoms with Crippen LogP contribution in [-0.2, 0) is 16.8 Å². The van der Waals surface area contributed by atoms with Gasteiger partial charge in [0.1, 0.15) is 24.0 Å². The molecule has 0 radical (unpaired) electrons. The van der Waals surface area contributed by atoms with Gasteiger partial charge in [0.15, 0.2) is 11.6 Å². The van der Waals surface area contributed by atoms with E-state index in [2.05, 4.69) is 39.3 Å². The fourth-order valence-electron chi connectivity index (χ4n) is 5.88. The normalized spacial score (nSPS) is 19.2. The van der Waals surface area contributed by atoms with Gasteiger partial charge in [-0.15, -0.1) is 0 Å². The topological polar surface area (TPSA) is 92.0 Å². The molecule has 222 valence electrons. The van der Waals surface area contributed by atoms with Crippen molar-refractivity contribution in [2.24, 2.45) is 0 Å². The maximum atomic E-state index is 15.5. The quantitative estimate of drug-likeness (QED) is 0.184. The second-order valence-electron chi connectivity index (χ2n) is 12.0. The second kappa shape index (κ2) is 11.2. The molecule has 1 aliphatic heterocycles. The van der Waals surface area contributed by atoms with E-state index in [4.69, 9.17) is 9.47 Å². The van der Waals surface area contributed by atoms with Crippen molar-refractivity contribution in [1.82, 2.24) is 20.3 Å². The summed E-state index contributed by atoms with van der Waals surface area (Å²) in [7, 11) is 0. The number of imidazole rings is 1. The van der Waals surface area contributed by atoms with Gasteiger partial charge in [-0.05, 0) is 63.4 Å². The van der Waals surface area contributed by atoms with Gasteiger partial charge in [-0.3, -0.25) is 0 Å². The Hall–Kier alpha value is -4.66. The third kappa shape index (κ3) is 5.71. The second-order valence-corrected chi connectivity index (χ2v) is 12.0. The number of rotatable bonds is 1. The van der Waals surface area contributed by atoms with E-state index in [9.17, 15) is 4.79 Å². The zero-order valence-corrected chi connectivity index (χ0v) is 24.4. The highest BCUT2D eigenvalue weighted by Gasteiger charge is 2.32. The third-order valence-corrected chi connectivity index (χ3v) is 8.38. The van der Waals surface area contributed by atoms with Crippen molar-refractivity contribution in [2.45, 2.75) is 64.0 Å². The van der Waals surface area contributed by atoms with E-state index < -0.39 is 28.7 Å². The number of hydrogen-bond donors (Lipinski definition) is 3. The summed E-state index contributed by atoms with van der Waals surface area (Å²) in [5, 5.41) is 3.61. The maximum absolute atomic E-state index is 15.5. The number of fused-ring (bicyclic) bond motifs is 8. The average Bonchev–Trinajstić information content (AvgIpc) is 3.66. The van der Waals surface area contributed by atoms with Gasteiger partial charge in [0.05, 0.1) is 5.56 Å². The van der Waals surface area contributed by atoms with Gasteiger partial charge >= 0.3 is 6.09 Å². The zero-order valence-electron chi connectivity index (χ0n) is 24.4. The van der Waals surface area contributed by atoms with Gasteiger partial charge in [-0.2, -0.15) is 0 Å². The van der Waals surface area contributed by atoms with Crippen molar-refractivity contribution < 1.29 is 23.0 Å². The Bertz CT molecular complexity index is 1780. The van der Waals surface area contributed by atoms with E-state index >= 15 is 8.78 Å². The average molecular weight is 585 g/mol. The molecule has 3 N–H and O–H groups in total. The Balaban J connectivity index is 1.46. The summed E-state index contributed by atoms with van der Waals surface area (Å²) < 4.78 is 42.3. The summed E-state index contributed by atoms with van der Waals surface area (Å²) >= 11 is 0. The lowest BCUT2D eigenvalue weighted by Crippen LogP contribution is -2.43. The number of carbonyl (C=O) groups excluding carboxylic acids is 1. The summed E-state index contributed by atoms with van der Waals surface area (Å²) in [6.07, 6.45) is 6.06. The molecule has 2 aromatic heterocycles. The number of carbonyl (C=O) groups is 1. The number of nitrogens with one attached hydrogen (secondary N) is 3. The molecule has 43 heavy (non-hydrogen) atoms. The first-order chi connectivity index (χ1) is 20.6. The van der Waals surface area contributed by atoms with E-state index in [-0.39, 0.29) is 23.7 Å². The van der Waals surface area contributed by atoms with Gasteiger partial charge in [0.25, 0.3) is 0 Å². The molecular formula is C34H34F2N4O3. The summed E-state index contributed by atoms with van der Waals surface area (Å²) in [5.41, 5.74) is 2.08. The van der Waals surface area contributed by atoms with Gasteiger partial charge in [-0.25, -0.2) is 18.6 Å². The first kappa shape index (κ1) is 28.5. The van der Waals surface area contributed by atoms with Crippen LogP contribution in [0, 0.1) is 11.6 Å². The molecule has 0 spiro atoms. The number of alkyl carbamates (subject to hydrolysis) is 1. The van der Waals surface area contributed by atoms with Gasteiger partial charge in [0.2, 0.25) is 0 Å². The van der Waals surface area contributed by atoms with Crippen LogP contribution in [0.5, 0.6) is 11.5 Å². The summed E-state index contributed by atoms with van der Waals surface area (Å²) in [4.78, 5) is 23.9. The van der Waals surface area contributed by atoms with Crippen LogP contribution in [-0.4, -0.2) is 26.6 Å². The number of aromatic nitrogens is 3. The molecule has 3 heterocycles. The molecule has 1 amide bonds. The van der Waals surface area contributed by atoms with Crippen molar-refractivity contribution >= 4 is 17.0 Å². The molecule has 0 aliphatic carbocycles. The molecule has 1 atom stereocenters. The molecule has 4 bridgehead atoms. The maximum Gasteiger partial charge on any atom is 0.407 e. The Labute approximate surface area is 248 Å². The zero-order chi connectivity index (χ0) is 30.2. The molecule has 5 aromatic rings. The number of ether oxygens (including phenoxy) is 2. The molecule has 0 saturated carbocycles. The standard InChI is InChI=1S/C34H34F2N4O3/c1-33(2)14-7-8-15-34(3,21-9-5-4-6-10-21)29-19-38-31(39-29)24-17-22(11-12-26(24)35)43-30-25(20-42-32(41)40-33)23-13-16-37-28(23)18-27(30)36/h4-6,9-13,16-19,37H,7-8,14-15,20H2,1-3H3,(H,38,39)(H,40,41). The van der Waals surface area contributed by atoms with E-state index in [1.807, 2.05) is 32.0 Å². The summed E-state index contributed by atoms with van der Waals surface area (Å²) in [5.74, 6) is -0.696. The van der Waals surface area contributed by atoms with E-state index in [1.165, 1.54) is 24.3 Å². The molecule has 9 heteroatoms. The minimum atomic E-state index is -0.648. The first-order valence-electron chi connectivity index (χ1n) is 14.5. The molecule has 0 fully saturated rings. The highest BCUT2D eigenvalue weighted by Crippen LogP contribution is 2.39. The number of amides is 1. The SMILES string of the molecule is CC1(C)CCCCC(C)(c2ccccc2)c2cnc([nH]2)-c2cc(ccc2F)Oc2c(F)cc3[nH]ccc3c2COC(=O)N1. The molecule has 6 rings (SSSR count). The monoisotopic (exact) mass is 584 g/mol. The van der Waals surface area contributed by atoms with Crippen LogP contribution in [0.1, 0.15) is 63.3 Å². The lowest BCUT2D eigenvalue weighted by molar-refractivity contribution is 0.127. The fraction of sp³-hybridized carbons (Fsp3) is 0.294. The molecular weight excluding hydrogens is 550 g/mol. The third-order valence-electron chi connectivity index (χ3n) is 8.38. The fourth-order valence-corrected chi connectivity index (χ4v) is 5.88. The molecule has 7 nitrogen and oxygen atoms in total. The number of benzene rings is 3. The van der Waals surface area contributed by atoms with Crippen LogP contribution in [0.3, 0.4) is 0 Å². The number of H-pyrrole nitrogens is 2. The largest absolute Gasteiger partial charge is 0.454 e. The molecule has 0 saturated heterocycles. The lowest BCUT2D eigenvalue weighted by atomic mass is 9.75. The van der Waals surface area contributed by atoms with Gasteiger partial charge in [0, 0.05) is 51.6 Å². The van der Waals surface area contributed by atoms with Crippen molar-refractivity contribution in [3.05, 3.63) is 102 Å². The highest BCUT2D eigenvalue weighted by molar-refractivity contribution is 5.86. The number of halogens is 2. The molecule has 1 aliphatic rings. The van der Waals surface area contributed by atoms with E-state index in [0.29, 0.717) is 28.7 Å². The van der Waals surface area contributed by atoms with Crippen molar-refractivity contribution in [1.29, 1.82) is 0 Å². The summed E-state index contributed by atoms with van der Waals surface area (Å²) in [6, 6.07) is 17.4. The van der Waals surface area contributed by atoms with Crippen LogP contribution < -0.4 is 10.1 Å². The van der Waals surface area contributed by atoms with Gasteiger partial charge < -0.3 is 24.8 Å². The number of aromatic amines is 2. The predicted octanol–water partition coefficient (Wildman–Crippen LogP) is 8.51. The van der Waals surface area contributed by atoms with Crippen molar-refractivity contribution in [3.8, 4) is 22.9 Å². The van der Waals surface area contributed by atoms with E-state index in [1.54, 1.807) is 18.5 Å². The van der Waals surface area contributed by atoms with Gasteiger partial charge in [-0.1, -0.05) is 43.2 Å². The predicted molar refractivity (Wildman–Crippen MR) is 161 cm³/mol. The Kier molecular flexibility index (Phi) is 7.42. The number of nitrogens with zero attached hydrogens (tertiary/aromatic N) is 1. The minimum absolute atomic E-state index is 0.105. The van der Waals surface area contributed by atoms with Crippen molar-refractivity contribution in [3.63, 3.8) is 0 Å². The Morgan fingerprint density at radius 3 is 2.53 bits per heavy atom. The Morgan fingerprint density at radius 1 is 0.930 bits per heavy atom. The van der Waals surface area contributed by atoms with E-state index in [0.717, 1.165) is 30.5 Å². The number of hydrogen-bond acceptors (Lipinski definition) is 4. The Morgan fingerprint density at radius 2 is 1.72 bits per heavy atom. The van der Waals surface area contributed by atoms with Crippen LogP contribution in [0.25, 0.3) is 22.3 Å². The lowest BCUT2D eigenvalue weighted by Gasteiger charge is -2.30. The molecule has 1 unspecified atom stereocenters. The minimum Gasteiger partial charge on any atom is -0.454 e. The summed E-state index contributed by atoms with van der Waals surface area (Å²) in [6.45, 7) is 5.84. The van der Waals surface area contributed by atoms with Crippen LogP contribution in [0.4, 0.5) is 13.6 Å². The van der Waals surface area contributed by atoms with Crippen LogP contribution in [0.15, 0.2) is 73.1 Å². The molecule has 3 aromatic carbocycles. The van der Waals surface area contributed by atoms with Crippen molar-refractivity contribution in [2.75, 3.05) is 0 Å². The van der Waals surface area contributed by atoms with Crippen LogP contribution in [0.2, 0.25) is 0 Å².